The van der Waals surface area contributed by atoms with Gasteiger partial charge in [0.05, 0.1) is 4.92 Å². The van der Waals surface area contributed by atoms with Crippen molar-refractivity contribution in [3.05, 3.63) is 70.0 Å². The van der Waals surface area contributed by atoms with E-state index in [-0.39, 0.29) is 0 Å². The lowest BCUT2D eigenvalue weighted by atomic mass is 9.86. The first kappa shape index (κ1) is 14.9. The topological polar surface area (TPSA) is 76.3 Å². The van der Waals surface area contributed by atoms with Crippen LogP contribution in [0.15, 0.2) is 48.8 Å². The van der Waals surface area contributed by atoms with Gasteiger partial charge in [-0.15, -0.1) is 0 Å². The quantitative estimate of drug-likeness (QED) is 0.698. The van der Waals surface area contributed by atoms with Gasteiger partial charge in [0.25, 0.3) is 5.69 Å². The Labute approximate surface area is 116 Å². The minimum atomic E-state index is -5.06. The smallest absolute Gasteiger partial charge is 0.372 e. The molecule has 0 spiro atoms. The van der Waals surface area contributed by atoms with Crippen LogP contribution in [0.2, 0.25) is 0 Å². The highest BCUT2D eigenvalue weighted by Gasteiger charge is 2.56. The molecule has 110 valence electrons. The molecular weight excluding hydrogens is 289 g/mol. The molecule has 0 fully saturated rings. The van der Waals surface area contributed by atoms with Crippen LogP contribution in [0.5, 0.6) is 0 Å². The van der Waals surface area contributed by atoms with Crippen molar-refractivity contribution >= 4 is 5.69 Å². The van der Waals surface area contributed by atoms with Crippen molar-refractivity contribution in [3.63, 3.8) is 0 Å². The molecule has 1 aromatic carbocycles. The van der Waals surface area contributed by atoms with Gasteiger partial charge in [-0.25, -0.2) is 0 Å². The maximum Gasteiger partial charge on any atom is 0.425 e. The standard InChI is InChI=1S/C13H9F3N2O3/c14-13(15,16)12(19,10-4-2-6-17-8-10)9-3-1-5-11(7-9)18(20)21/h1-8,19H. The Balaban J connectivity index is 2.68. The van der Waals surface area contributed by atoms with Crippen molar-refractivity contribution in [2.24, 2.45) is 0 Å². The summed E-state index contributed by atoms with van der Waals surface area (Å²) in [7, 11) is 0. The van der Waals surface area contributed by atoms with Crippen LogP contribution < -0.4 is 0 Å². The van der Waals surface area contributed by atoms with E-state index in [4.69, 9.17) is 0 Å². The number of rotatable bonds is 3. The van der Waals surface area contributed by atoms with Gasteiger partial charge in [-0.05, 0) is 6.07 Å². The number of nitrogens with zero attached hydrogens (tertiary/aromatic N) is 2. The number of pyridine rings is 1. The molecule has 0 saturated heterocycles. The molecule has 0 amide bonds. The van der Waals surface area contributed by atoms with Crippen molar-refractivity contribution in [2.45, 2.75) is 11.8 Å². The van der Waals surface area contributed by atoms with Gasteiger partial charge in [0.2, 0.25) is 5.60 Å². The SMILES string of the molecule is O=[N+]([O-])c1cccc(C(O)(c2cccnc2)C(F)(F)F)c1. The van der Waals surface area contributed by atoms with Crippen molar-refractivity contribution in [1.29, 1.82) is 0 Å². The molecule has 2 rings (SSSR count). The first-order chi connectivity index (χ1) is 9.76. The van der Waals surface area contributed by atoms with Crippen LogP contribution in [0.4, 0.5) is 18.9 Å². The summed E-state index contributed by atoms with van der Waals surface area (Å²) in [6, 6.07) is 6.10. The van der Waals surface area contributed by atoms with Gasteiger partial charge in [-0.2, -0.15) is 13.2 Å². The molecule has 1 aromatic heterocycles. The summed E-state index contributed by atoms with van der Waals surface area (Å²) in [5.41, 5.74) is -5.07. The van der Waals surface area contributed by atoms with Gasteiger partial charge in [0.15, 0.2) is 0 Å². The van der Waals surface area contributed by atoms with Gasteiger partial charge in [-0.3, -0.25) is 15.1 Å². The minimum Gasteiger partial charge on any atom is -0.372 e. The van der Waals surface area contributed by atoms with Crippen LogP contribution in [0.25, 0.3) is 0 Å². The average molecular weight is 298 g/mol. The van der Waals surface area contributed by atoms with E-state index in [9.17, 15) is 28.4 Å². The van der Waals surface area contributed by atoms with Gasteiger partial charge in [-0.1, -0.05) is 18.2 Å². The molecule has 2 aromatic rings. The molecule has 1 atom stereocenters. The normalized spacial score (nSPS) is 14.5. The zero-order chi connectivity index (χ0) is 15.7. The molecule has 1 unspecified atom stereocenters. The lowest BCUT2D eigenvalue weighted by Gasteiger charge is -2.30. The predicted octanol–water partition coefficient (Wildman–Crippen LogP) is 2.79. The van der Waals surface area contributed by atoms with Crippen molar-refractivity contribution < 1.29 is 23.2 Å². The largest absolute Gasteiger partial charge is 0.425 e. The van der Waals surface area contributed by atoms with E-state index in [0.29, 0.717) is 6.07 Å². The highest BCUT2D eigenvalue weighted by Crippen LogP contribution is 2.44. The zero-order valence-corrected chi connectivity index (χ0v) is 10.4. The van der Waals surface area contributed by atoms with E-state index in [1.54, 1.807) is 0 Å². The first-order valence-corrected chi connectivity index (χ1v) is 5.71. The van der Waals surface area contributed by atoms with Crippen molar-refractivity contribution in [1.82, 2.24) is 4.98 Å². The number of nitro benzene ring substituents is 1. The van der Waals surface area contributed by atoms with Crippen LogP contribution in [0.1, 0.15) is 11.1 Å². The fraction of sp³-hybridized carbons (Fsp3) is 0.154. The summed E-state index contributed by atoms with van der Waals surface area (Å²) in [4.78, 5) is 13.4. The Morgan fingerprint density at radius 3 is 2.33 bits per heavy atom. The Hall–Kier alpha value is -2.48. The van der Waals surface area contributed by atoms with E-state index >= 15 is 0 Å². The summed E-state index contributed by atoms with van der Waals surface area (Å²) in [5, 5.41) is 20.9. The van der Waals surface area contributed by atoms with E-state index in [1.165, 1.54) is 12.3 Å². The molecule has 0 bridgehead atoms. The Bertz CT molecular complexity index is 661. The van der Waals surface area contributed by atoms with Crippen LogP contribution in [-0.2, 0) is 5.60 Å². The van der Waals surface area contributed by atoms with Gasteiger partial charge < -0.3 is 5.11 Å². The Kier molecular flexibility index (Phi) is 3.65. The van der Waals surface area contributed by atoms with E-state index < -0.39 is 33.5 Å². The fourth-order valence-electron chi connectivity index (χ4n) is 1.92. The average Bonchev–Trinajstić information content (AvgIpc) is 2.46. The highest BCUT2D eigenvalue weighted by molar-refractivity contribution is 5.43. The number of hydrogen-bond donors (Lipinski definition) is 1. The summed E-state index contributed by atoms with van der Waals surface area (Å²) >= 11 is 0. The molecular formula is C13H9F3N2O3. The number of aromatic nitrogens is 1. The monoisotopic (exact) mass is 298 g/mol. The second-order valence-corrected chi connectivity index (χ2v) is 4.26. The van der Waals surface area contributed by atoms with Gasteiger partial charge in [0, 0.05) is 35.7 Å². The van der Waals surface area contributed by atoms with Gasteiger partial charge in [0.1, 0.15) is 0 Å². The number of non-ortho nitro benzene ring substituents is 1. The van der Waals surface area contributed by atoms with Gasteiger partial charge >= 0.3 is 6.18 Å². The molecule has 0 saturated carbocycles. The molecule has 0 aliphatic heterocycles. The summed E-state index contributed by atoms with van der Waals surface area (Å²) in [6.45, 7) is 0. The summed E-state index contributed by atoms with van der Waals surface area (Å²) in [6.07, 6.45) is -2.94. The molecule has 0 aliphatic carbocycles. The lowest BCUT2D eigenvalue weighted by molar-refractivity contribution is -0.385. The van der Waals surface area contributed by atoms with E-state index in [2.05, 4.69) is 4.98 Å². The zero-order valence-electron chi connectivity index (χ0n) is 10.4. The molecule has 1 heterocycles. The summed E-state index contributed by atoms with van der Waals surface area (Å²) in [5.74, 6) is 0. The predicted molar refractivity (Wildman–Crippen MR) is 66.4 cm³/mol. The fourth-order valence-corrected chi connectivity index (χ4v) is 1.92. The van der Waals surface area contributed by atoms with Crippen LogP contribution >= 0.6 is 0 Å². The number of aliphatic hydroxyl groups is 1. The highest BCUT2D eigenvalue weighted by atomic mass is 19.4. The number of alkyl halides is 3. The number of halogens is 3. The molecule has 0 radical (unpaired) electrons. The van der Waals surface area contributed by atoms with E-state index in [0.717, 1.165) is 30.5 Å². The maximum atomic E-state index is 13.4. The third-order valence-electron chi connectivity index (χ3n) is 2.96. The van der Waals surface area contributed by atoms with Crippen LogP contribution in [0, 0.1) is 10.1 Å². The Morgan fingerprint density at radius 2 is 1.81 bits per heavy atom. The number of nitro groups is 1. The second kappa shape index (κ2) is 5.13. The molecule has 21 heavy (non-hydrogen) atoms. The summed E-state index contributed by atoms with van der Waals surface area (Å²) < 4.78 is 40.1. The van der Waals surface area contributed by atoms with Crippen LogP contribution in [0.3, 0.4) is 0 Å². The molecule has 0 aliphatic rings. The van der Waals surface area contributed by atoms with Crippen molar-refractivity contribution in [2.75, 3.05) is 0 Å². The van der Waals surface area contributed by atoms with Crippen LogP contribution in [-0.4, -0.2) is 21.2 Å². The minimum absolute atomic E-state index is 0.516. The molecule has 1 N–H and O–H groups in total. The Morgan fingerprint density at radius 1 is 1.14 bits per heavy atom. The number of benzene rings is 1. The lowest BCUT2D eigenvalue weighted by Crippen LogP contribution is -2.43. The number of hydrogen-bond acceptors (Lipinski definition) is 4. The molecule has 8 heteroatoms. The second-order valence-electron chi connectivity index (χ2n) is 4.26. The van der Waals surface area contributed by atoms with E-state index in [1.807, 2.05) is 0 Å². The third kappa shape index (κ3) is 2.57. The maximum absolute atomic E-state index is 13.4. The van der Waals surface area contributed by atoms with Crippen molar-refractivity contribution in [3.8, 4) is 0 Å². The third-order valence-corrected chi connectivity index (χ3v) is 2.96. The molecule has 5 nitrogen and oxygen atoms in total. The first-order valence-electron chi connectivity index (χ1n) is 5.71.